The molecule has 0 aromatic heterocycles. The van der Waals surface area contributed by atoms with Gasteiger partial charge in [0.2, 0.25) is 0 Å². The van der Waals surface area contributed by atoms with Crippen LogP contribution < -0.4 is 19.7 Å². The molecule has 4 aromatic rings. The largest absolute Gasteiger partial charge is 0.496 e. The van der Waals surface area contributed by atoms with Crippen LogP contribution in [-0.2, 0) is 6.61 Å². The molecule has 1 heterocycles. The molecule has 0 radical (unpaired) electrons. The van der Waals surface area contributed by atoms with Crippen LogP contribution in [0, 0.1) is 5.82 Å². The Balaban J connectivity index is 1.54. The Morgan fingerprint density at radius 1 is 0.944 bits per heavy atom. The highest BCUT2D eigenvalue weighted by atomic mass is 35.5. The molecule has 0 saturated carbocycles. The monoisotopic (exact) mass is 522 g/mol. The minimum absolute atomic E-state index is 0.148. The molecule has 182 valence electrons. The van der Waals surface area contributed by atoms with E-state index in [4.69, 9.17) is 32.7 Å². The van der Waals surface area contributed by atoms with Crippen LogP contribution in [0.15, 0.2) is 84.9 Å². The Bertz CT molecular complexity index is 1450. The number of rotatable bonds is 6. The fourth-order valence-corrected chi connectivity index (χ4v) is 4.67. The zero-order valence-electron chi connectivity index (χ0n) is 19.2. The van der Waals surface area contributed by atoms with E-state index in [2.05, 4.69) is 5.32 Å². The lowest BCUT2D eigenvalue weighted by atomic mass is 10.0. The first-order valence-corrected chi connectivity index (χ1v) is 11.9. The molecule has 1 aliphatic rings. The number of anilines is 2. The van der Waals surface area contributed by atoms with Crippen molar-refractivity contribution in [1.82, 2.24) is 0 Å². The summed E-state index contributed by atoms with van der Waals surface area (Å²) in [5.41, 5.74) is 2.76. The van der Waals surface area contributed by atoms with Crippen molar-refractivity contribution in [1.29, 1.82) is 0 Å². The molecule has 4 aromatic carbocycles. The van der Waals surface area contributed by atoms with Crippen LogP contribution in [0.4, 0.5) is 15.8 Å². The van der Waals surface area contributed by atoms with Crippen LogP contribution in [0.5, 0.6) is 11.5 Å². The maximum Gasteiger partial charge on any atom is 0.262 e. The van der Waals surface area contributed by atoms with Gasteiger partial charge in [-0.25, -0.2) is 4.39 Å². The van der Waals surface area contributed by atoms with Crippen molar-refractivity contribution < 1.29 is 18.7 Å². The minimum Gasteiger partial charge on any atom is -0.496 e. The third-order valence-corrected chi connectivity index (χ3v) is 6.47. The molecule has 0 fully saturated rings. The van der Waals surface area contributed by atoms with E-state index < -0.39 is 12.0 Å². The van der Waals surface area contributed by atoms with Gasteiger partial charge < -0.3 is 14.8 Å². The second-order valence-corrected chi connectivity index (χ2v) is 9.00. The first-order valence-electron chi connectivity index (χ1n) is 11.1. The Kier molecular flexibility index (Phi) is 6.72. The summed E-state index contributed by atoms with van der Waals surface area (Å²) in [7, 11) is 1.57. The van der Waals surface area contributed by atoms with Gasteiger partial charge in [0.05, 0.1) is 23.4 Å². The van der Waals surface area contributed by atoms with Crippen molar-refractivity contribution >= 4 is 40.5 Å². The highest BCUT2D eigenvalue weighted by molar-refractivity contribution is 6.35. The smallest absolute Gasteiger partial charge is 0.262 e. The number of carbonyl (C=O) groups excluding carboxylic acids is 1. The standard InChI is InChI=1S/C28H21Cl2FN2O3/c1-35-25-12-10-17(14-18(25)16-36-26-13-11-19(29)15-21(26)30)27-32-23-8-4-2-6-20(23)28(34)33(27)24-9-5-3-7-22(24)31/h2-15,27,32H,16H2,1H3. The number of benzene rings is 4. The molecule has 5 rings (SSSR count). The molecule has 0 bridgehead atoms. The average Bonchev–Trinajstić information content (AvgIpc) is 2.88. The topological polar surface area (TPSA) is 50.8 Å². The van der Waals surface area contributed by atoms with E-state index in [9.17, 15) is 9.18 Å². The quantitative estimate of drug-likeness (QED) is 0.285. The zero-order valence-corrected chi connectivity index (χ0v) is 20.7. The number of halogens is 3. The number of fused-ring (bicyclic) bond motifs is 1. The highest BCUT2D eigenvalue weighted by Crippen LogP contribution is 2.39. The van der Waals surface area contributed by atoms with E-state index in [0.717, 1.165) is 11.1 Å². The molecule has 8 heteroatoms. The van der Waals surface area contributed by atoms with E-state index in [1.54, 1.807) is 61.7 Å². The van der Waals surface area contributed by atoms with Crippen LogP contribution in [0.1, 0.15) is 27.7 Å². The predicted octanol–water partition coefficient (Wildman–Crippen LogP) is 7.49. The van der Waals surface area contributed by atoms with Gasteiger partial charge in [0.1, 0.15) is 30.1 Å². The summed E-state index contributed by atoms with van der Waals surface area (Å²) in [5.74, 6) is 0.276. The van der Waals surface area contributed by atoms with E-state index in [-0.39, 0.29) is 18.2 Å². The molecule has 1 atom stereocenters. The molecule has 0 saturated heterocycles. The number of nitrogens with one attached hydrogen (secondary N) is 1. The molecule has 1 N–H and O–H groups in total. The maximum atomic E-state index is 14.9. The summed E-state index contributed by atoms with van der Waals surface area (Å²) in [6.07, 6.45) is -0.673. The summed E-state index contributed by atoms with van der Waals surface area (Å²) in [5, 5.41) is 4.29. The maximum absolute atomic E-state index is 14.9. The van der Waals surface area contributed by atoms with Gasteiger partial charge in [0.15, 0.2) is 0 Å². The summed E-state index contributed by atoms with van der Waals surface area (Å²) in [6.45, 7) is 0.148. The normalized spacial score (nSPS) is 14.7. The van der Waals surface area contributed by atoms with Gasteiger partial charge >= 0.3 is 0 Å². The number of methoxy groups -OCH3 is 1. The second-order valence-electron chi connectivity index (χ2n) is 8.15. The van der Waals surface area contributed by atoms with Gasteiger partial charge in [-0.15, -0.1) is 0 Å². The van der Waals surface area contributed by atoms with Crippen molar-refractivity contribution in [3.63, 3.8) is 0 Å². The third kappa shape index (κ3) is 4.57. The van der Waals surface area contributed by atoms with Crippen molar-refractivity contribution in [3.05, 3.63) is 117 Å². The van der Waals surface area contributed by atoms with Gasteiger partial charge in [-0.2, -0.15) is 0 Å². The SMILES string of the molecule is COc1ccc(C2Nc3ccccc3C(=O)N2c2ccccc2F)cc1COc1ccc(Cl)cc1Cl. The van der Waals surface area contributed by atoms with Gasteiger partial charge in [-0.05, 0) is 60.2 Å². The first-order chi connectivity index (χ1) is 17.5. The van der Waals surface area contributed by atoms with E-state index in [1.807, 2.05) is 24.3 Å². The molecular weight excluding hydrogens is 502 g/mol. The van der Waals surface area contributed by atoms with Crippen molar-refractivity contribution in [2.24, 2.45) is 0 Å². The number of carbonyl (C=O) groups is 1. The fourth-order valence-electron chi connectivity index (χ4n) is 4.21. The number of para-hydroxylation sites is 2. The third-order valence-electron chi connectivity index (χ3n) is 5.94. The molecule has 1 aliphatic heterocycles. The van der Waals surface area contributed by atoms with Gasteiger partial charge in [0.25, 0.3) is 5.91 Å². The lowest BCUT2D eigenvalue weighted by Crippen LogP contribution is -2.43. The van der Waals surface area contributed by atoms with Crippen molar-refractivity contribution in [2.75, 3.05) is 17.3 Å². The molecule has 0 aliphatic carbocycles. The first kappa shape index (κ1) is 24.0. The molecule has 1 amide bonds. The number of ether oxygens (including phenoxy) is 2. The second kappa shape index (κ2) is 10.1. The van der Waals surface area contributed by atoms with Crippen LogP contribution in [0.2, 0.25) is 10.0 Å². The number of nitrogens with zero attached hydrogens (tertiary/aromatic N) is 1. The predicted molar refractivity (Wildman–Crippen MR) is 140 cm³/mol. The Morgan fingerprint density at radius 3 is 2.47 bits per heavy atom. The minimum atomic E-state index is -0.673. The lowest BCUT2D eigenvalue weighted by Gasteiger charge is -2.38. The van der Waals surface area contributed by atoms with E-state index in [1.165, 1.54) is 11.0 Å². The number of hydrogen-bond acceptors (Lipinski definition) is 4. The summed E-state index contributed by atoms with van der Waals surface area (Å²) < 4.78 is 26.4. The highest BCUT2D eigenvalue weighted by Gasteiger charge is 2.35. The average molecular weight is 523 g/mol. The van der Waals surface area contributed by atoms with Gasteiger partial charge in [-0.1, -0.05) is 53.5 Å². The Labute approximate surface area is 218 Å². The molecular formula is C28H21Cl2FN2O3. The Morgan fingerprint density at radius 2 is 1.69 bits per heavy atom. The van der Waals surface area contributed by atoms with Crippen LogP contribution in [-0.4, -0.2) is 13.0 Å². The number of hydrogen-bond donors (Lipinski definition) is 1. The zero-order chi connectivity index (χ0) is 25.2. The van der Waals surface area contributed by atoms with Crippen LogP contribution >= 0.6 is 23.2 Å². The van der Waals surface area contributed by atoms with Crippen molar-refractivity contribution in [2.45, 2.75) is 12.8 Å². The van der Waals surface area contributed by atoms with Crippen LogP contribution in [0.3, 0.4) is 0 Å². The van der Waals surface area contributed by atoms with E-state index >= 15 is 0 Å². The summed E-state index contributed by atoms with van der Waals surface area (Å²) in [6, 6.07) is 23.9. The van der Waals surface area contributed by atoms with Gasteiger partial charge in [0, 0.05) is 16.3 Å². The summed E-state index contributed by atoms with van der Waals surface area (Å²) >= 11 is 12.2. The fraction of sp³-hybridized carbons (Fsp3) is 0.107. The Hall–Kier alpha value is -3.74. The van der Waals surface area contributed by atoms with E-state index in [0.29, 0.717) is 32.8 Å². The lowest BCUT2D eigenvalue weighted by molar-refractivity contribution is 0.0974. The molecule has 1 unspecified atom stereocenters. The number of amides is 1. The molecule has 5 nitrogen and oxygen atoms in total. The van der Waals surface area contributed by atoms with Crippen molar-refractivity contribution in [3.8, 4) is 11.5 Å². The summed E-state index contributed by atoms with van der Waals surface area (Å²) in [4.78, 5) is 15.0. The van der Waals surface area contributed by atoms with Crippen LogP contribution in [0.25, 0.3) is 0 Å². The molecule has 36 heavy (non-hydrogen) atoms. The molecule has 0 spiro atoms. The van der Waals surface area contributed by atoms with Gasteiger partial charge in [-0.3, -0.25) is 9.69 Å².